The number of benzene rings is 2. The molecule has 0 bridgehead atoms. The summed E-state index contributed by atoms with van der Waals surface area (Å²) in [5.74, 6) is -1.53. The Morgan fingerprint density at radius 3 is 2.27 bits per heavy atom. The van der Waals surface area contributed by atoms with Gasteiger partial charge < -0.3 is 4.90 Å². The zero-order valence-electron chi connectivity index (χ0n) is 13.5. The lowest BCUT2D eigenvalue weighted by atomic mass is 10.2. The lowest BCUT2D eigenvalue weighted by Crippen LogP contribution is -2.50. The van der Waals surface area contributed by atoms with Crippen molar-refractivity contribution >= 4 is 31.9 Å². The molecular weight excluding hydrogens is 430 g/mol. The highest BCUT2D eigenvalue weighted by atomic mass is 79.9. The first-order valence-corrected chi connectivity index (χ1v) is 10.0. The number of carbonyl (C=O) groups excluding carboxylic acids is 1. The molecule has 138 valence electrons. The van der Waals surface area contributed by atoms with Crippen LogP contribution in [0.5, 0.6) is 0 Å². The molecule has 1 aliphatic rings. The fourth-order valence-electron chi connectivity index (χ4n) is 2.74. The third kappa shape index (κ3) is 3.79. The van der Waals surface area contributed by atoms with Crippen LogP contribution in [0.4, 0.5) is 8.78 Å². The summed E-state index contributed by atoms with van der Waals surface area (Å²) in [6, 6.07) is 8.65. The normalized spacial score (nSPS) is 15.9. The van der Waals surface area contributed by atoms with Gasteiger partial charge in [0.25, 0.3) is 5.91 Å². The van der Waals surface area contributed by atoms with Crippen LogP contribution >= 0.6 is 15.9 Å². The van der Waals surface area contributed by atoms with Gasteiger partial charge in [-0.15, -0.1) is 0 Å². The quantitative estimate of drug-likeness (QED) is 0.731. The minimum absolute atomic E-state index is 0.0809. The maximum atomic E-state index is 13.4. The number of carbonyl (C=O) groups is 1. The maximum absolute atomic E-state index is 13.4. The third-order valence-electron chi connectivity index (χ3n) is 4.12. The minimum atomic E-state index is -3.83. The SMILES string of the molecule is O=C(c1cc(F)ccc1Br)N1CCN(S(=O)(=O)c2cccc(F)c2)CC1. The van der Waals surface area contributed by atoms with E-state index in [0.717, 1.165) is 12.1 Å². The van der Waals surface area contributed by atoms with E-state index < -0.39 is 21.7 Å². The molecule has 0 spiro atoms. The molecule has 26 heavy (non-hydrogen) atoms. The number of piperazine rings is 1. The van der Waals surface area contributed by atoms with Crippen molar-refractivity contribution in [3.05, 3.63) is 64.1 Å². The molecule has 1 saturated heterocycles. The van der Waals surface area contributed by atoms with E-state index in [2.05, 4.69) is 15.9 Å². The average molecular weight is 445 g/mol. The fraction of sp³-hybridized carbons (Fsp3) is 0.235. The first kappa shape index (κ1) is 18.9. The summed E-state index contributed by atoms with van der Waals surface area (Å²) in [5, 5.41) is 0. The molecule has 0 saturated carbocycles. The van der Waals surface area contributed by atoms with Crippen LogP contribution in [-0.4, -0.2) is 49.7 Å². The molecule has 1 heterocycles. The molecule has 0 unspecified atom stereocenters. The van der Waals surface area contributed by atoms with Gasteiger partial charge in [0, 0.05) is 30.7 Å². The second-order valence-corrected chi connectivity index (χ2v) is 8.57. The van der Waals surface area contributed by atoms with Crippen LogP contribution < -0.4 is 0 Å². The van der Waals surface area contributed by atoms with Gasteiger partial charge in [-0.3, -0.25) is 4.79 Å². The first-order chi connectivity index (χ1) is 12.3. The van der Waals surface area contributed by atoms with Gasteiger partial charge in [-0.05, 0) is 52.3 Å². The molecule has 1 aliphatic heterocycles. The Labute approximate surface area is 158 Å². The molecule has 1 amide bonds. The smallest absolute Gasteiger partial charge is 0.255 e. The average Bonchev–Trinajstić information content (AvgIpc) is 2.63. The highest BCUT2D eigenvalue weighted by molar-refractivity contribution is 9.10. The Morgan fingerprint density at radius 2 is 1.62 bits per heavy atom. The van der Waals surface area contributed by atoms with Crippen molar-refractivity contribution in [2.45, 2.75) is 4.90 Å². The van der Waals surface area contributed by atoms with Crippen LogP contribution in [0.15, 0.2) is 51.8 Å². The van der Waals surface area contributed by atoms with Crippen LogP contribution in [0, 0.1) is 11.6 Å². The molecular formula is C17H15BrF2N2O3S. The van der Waals surface area contributed by atoms with Gasteiger partial charge in [0.2, 0.25) is 10.0 Å². The first-order valence-electron chi connectivity index (χ1n) is 7.79. The highest BCUT2D eigenvalue weighted by Crippen LogP contribution is 2.22. The zero-order chi connectivity index (χ0) is 18.9. The summed E-state index contributed by atoms with van der Waals surface area (Å²) in [6.45, 7) is 0.488. The van der Waals surface area contributed by atoms with Gasteiger partial charge >= 0.3 is 0 Å². The van der Waals surface area contributed by atoms with Crippen LogP contribution in [0.1, 0.15) is 10.4 Å². The lowest BCUT2D eigenvalue weighted by Gasteiger charge is -2.34. The molecule has 2 aromatic carbocycles. The minimum Gasteiger partial charge on any atom is -0.336 e. The van der Waals surface area contributed by atoms with Gasteiger partial charge in [0.1, 0.15) is 11.6 Å². The molecule has 0 aliphatic carbocycles. The summed E-state index contributed by atoms with van der Waals surface area (Å²) in [7, 11) is -3.83. The summed E-state index contributed by atoms with van der Waals surface area (Å²) in [5.41, 5.74) is 0.187. The highest BCUT2D eigenvalue weighted by Gasteiger charge is 2.31. The van der Waals surface area contributed by atoms with E-state index in [9.17, 15) is 22.0 Å². The molecule has 5 nitrogen and oxygen atoms in total. The second kappa shape index (κ2) is 7.42. The van der Waals surface area contributed by atoms with Gasteiger partial charge in [0.15, 0.2) is 0 Å². The number of hydrogen-bond acceptors (Lipinski definition) is 3. The Hall–Kier alpha value is -1.84. The van der Waals surface area contributed by atoms with Gasteiger partial charge in [-0.25, -0.2) is 17.2 Å². The van der Waals surface area contributed by atoms with E-state index in [1.165, 1.54) is 39.5 Å². The van der Waals surface area contributed by atoms with Crippen molar-refractivity contribution in [1.82, 2.24) is 9.21 Å². The van der Waals surface area contributed by atoms with E-state index in [0.29, 0.717) is 4.47 Å². The molecule has 2 aromatic rings. The van der Waals surface area contributed by atoms with Crippen molar-refractivity contribution in [2.75, 3.05) is 26.2 Å². The topological polar surface area (TPSA) is 57.7 Å². The molecule has 0 atom stereocenters. The van der Waals surface area contributed by atoms with E-state index in [1.54, 1.807) is 0 Å². The Balaban J connectivity index is 1.73. The molecule has 0 aromatic heterocycles. The Bertz CT molecular complexity index is 945. The van der Waals surface area contributed by atoms with E-state index >= 15 is 0 Å². The number of amides is 1. The molecule has 0 radical (unpaired) electrons. The molecule has 3 rings (SSSR count). The van der Waals surface area contributed by atoms with Gasteiger partial charge in [-0.1, -0.05) is 6.07 Å². The van der Waals surface area contributed by atoms with Crippen LogP contribution in [0.2, 0.25) is 0 Å². The Morgan fingerprint density at radius 1 is 0.962 bits per heavy atom. The molecule has 1 fully saturated rings. The fourth-order valence-corrected chi connectivity index (χ4v) is 4.61. The lowest BCUT2D eigenvalue weighted by molar-refractivity contribution is 0.0696. The maximum Gasteiger partial charge on any atom is 0.255 e. The summed E-state index contributed by atoms with van der Waals surface area (Å²) in [4.78, 5) is 13.9. The summed E-state index contributed by atoms with van der Waals surface area (Å²) >= 11 is 3.22. The Kier molecular flexibility index (Phi) is 5.40. The number of nitrogens with zero attached hydrogens (tertiary/aromatic N) is 2. The second-order valence-electron chi connectivity index (χ2n) is 5.78. The predicted molar refractivity (Wildman–Crippen MR) is 95.2 cm³/mol. The van der Waals surface area contributed by atoms with Crippen LogP contribution in [0.3, 0.4) is 0 Å². The molecule has 0 N–H and O–H groups in total. The van der Waals surface area contributed by atoms with Crippen molar-refractivity contribution < 1.29 is 22.0 Å². The predicted octanol–water partition coefficient (Wildman–Crippen LogP) is 2.87. The van der Waals surface area contributed by atoms with E-state index in [1.807, 2.05) is 0 Å². The standard InChI is InChI=1S/C17H15BrF2N2O3S/c18-16-5-4-13(20)11-15(16)17(23)21-6-8-22(9-7-21)26(24,25)14-3-1-2-12(19)10-14/h1-5,10-11H,6-9H2. The summed E-state index contributed by atoms with van der Waals surface area (Å²) < 4.78 is 53.6. The number of rotatable bonds is 3. The van der Waals surface area contributed by atoms with Crippen molar-refractivity contribution in [1.29, 1.82) is 0 Å². The van der Waals surface area contributed by atoms with Gasteiger partial charge in [-0.2, -0.15) is 4.31 Å². The van der Waals surface area contributed by atoms with Crippen LogP contribution in [0.25, 0.3) is 0 Å². The number of halogens is 3. The van der Waals surface area contributed by atoms with Crippen molar-refractivity contribution in [3.63, 3.8) is 0 Å². The summed E-state index contributed by atoms with van der Waals surface area (Å²) in [6.07, 6.45) is 0. The van der Waals surface area contributed by atoms with E-state index in [-0.39, 0.29) is 42.5 Å². The largest absolute Gasteiger partial charge is 0.336 e. The zero-order valence-corrected chi connectivity index (χ0v) is 15.9. The number of sulfonamides is 1. The van der Waals surface area contributed by atoms with Crippen molar-refractivity contribution in [3.8, 4) is 0 Å². The molecule has 9 heteroatoms. The van der Waals surface area contributed by atoms with Crippen LogP contribution in [-0.2, 0) is 10.0 Å². The number of hydrogen-bond donors (Lipinski definition) is 0. The van der Waals surface area contributed by atoms with Crippen molar-refractivity contribution in [2.24, 2.45) is 0 Å². The van der Waals surface area contributed by atoms with E-state index in [4.69, 9.17) is 0 Å². The monoisotopic (exact) mass is 444 g/mol. The van der Waals surface area contributed by atoms with Gasteiger partial charge in [0.05, 0.1) is 10.5 Å². The third-order valence-corrected chi connectivity index (χ3v) is 6.70.